The molecule has 0 N–H and O–H groups in total. The summed E-state index contributed by atoms with van der Waals surface area (Å²) in [7, 11) is 0. The molecule has 0 aliphatic carbocycles. The largest absolute Gasteiger partial charge is 0.206 e. The van der Waals surface area contributed by atoms with E-state index < -0.39 is 0 Å². The van der Waals surface area contributed by atoms with Gasteiger partial charge >= 0.3 is 0 Å². The third kappa shape index (κ3) is 4.42. The van der Waals surface area contributed by atoms with Gasteiger partial charge in [0.15, 0.2) is 0 Å². The molecule has 0 saturated heterocycles. The summed E-state index contributed by atoms with van der Waals surface area (Å²) in [6, 6.07) is 3.87. The van der Waals surface area contributed by atoms with Gasteiger partial charge in [-0.15, -0.1) is 0 Å². The van der Waals surface area contributed by atoms with Crippen LogP contribution in [0.2, 0.25) is 0 Å². The van der Waals surface area contributed by atoms with Gasteiger partial charge in [0.05, 0.1) is 0 Å². The Balaban J connectivity index is 3.31. The van der Waals surface area contributed by atoms with Crippen molar-refractivity contribution in [1.29, 1.82) is 0 Å². The van der Waals surface area contributed by atoms with Gasteiger partial charge in [0.1, 0.15) is 5.82 Å². The number of hydrogen-bond acceptors (Lipinski definition) is 0. The maximum Gasteiger partial charge on any atom is 0.134 e. The molecule has 0 amide bonds. The second-order valence-electron chi connectivity index (χ2n) is 5.85. The highest BCUT2D eigenvalue weighted by Gasteiger charge is 2.13. The molecule has 0 spiro atoms. The fraction of sp³-hybridized carbons (Fsp3) is 0.400. The molecular formula is C20H27F. The van der Waals surface area contributed by atoms with Crippen molar-refractivity contribution in [1.82, 2.24) is 0 Å². The van der Waals surface area contributed by atoms with Crippen LogP contribution in [0, 0.1) is 18.7 Å². The lowest BCUT2D eigenvalue weighted by Crippen LogP contribution is -1.97. The maximum atomic E-state index is 14.6. The fourth-order valence-electron chi connectivity index (χ4n) is 2.27. The quantitative estimate of drug-likeness (QED) is 0.519. The summed E-state index contributed by atoms with van der Waals surface area (Å²) in [4.78, 5) is 0. The van der Waals surface area contributed by atoms with Crippen molar-refractivity contribution in [3.63, 3.8) is 0 Å². The van der Waals surface area contributed by atoms with Crippen LogP contribution in [0.1, 0.15) is 57.2 Å². The number of benzene rings is 1. The summed E-state index contributed by atoms with van der Waals surface area (Å²) in [6.45, 7) is 14.2. The van der Waals surface area contributed by atoms with Gasteiger partial charge in [0.2, 0.25) is 0 Å². The standard InChI is InChI=1S/C20H27F/c1-7-9-17(11-10-14(3)4)19-13-12-18(15(5)8-2)20(21)16(19)6/h7,9,11-14H,5,8,10H2,1-4,6H3/b9-7-,17-11+. The molecule has 0 unspecified atom stereocenters. The number of hydrogen-bond donors (Lipinski definition) is 0. The van der Waals surface area contributed by atoms with Crippen molar-refractivity contribution in [3.05, 3.63) is 59.4 Å². The lowest BCUT2D eigenvalue weighted by Gasteiger charge is -2.13. The minimum absolute atomic E-state index is 0.140. The van der Waals surface area contributed by atoms with Crippen LogP contribution in [0.4, 0.5) is 4.39 Å². The van der Waals surface area contributed by atoms with E-state index in [0.29, 0.717) is 17.0 Å². The Labute approximate surface area is 129 Å². The molecule has 1 aromatic carbocycles. The van der Waals surface area contributed by atoms with E-state index in [0.717, 1.165) is 29.6 Å². The molecule has 21 heavy (non-hydrogen) atoms. The summed E-state index contributed by atoms with van der Waals surface area (Å²) in [5.74, 6) is 0.453. The van der Waals surface area contributed by atoms with Gasteiger partial charge < -0.3 is 0 Å². The highest BCUT2D eigenvalue weighted by atomic mass is 19.1. The zero-order chi connectivity index (χ0) is 16.0. The molecule has 0 nitrogen and oxygen atoms in total. The highest BCUT2D eigenvalue weighted by molar-refractivity contribution is 5.78. The molecule has 0 fully saturated rings. The smallest absolute Gasteiger partial charge is 0.134 e. The molecule has 114 valence electrons. The van der Waals surface area contributed by atoms with Gasteiger partial charge in [-0.3, -0.25) is 0 Å². The first kappa shape index (κ1) is 17.4. The van der Waals surface area contributed by atoms with E-state index >= 15 is 0 Å². The Kier molecular flexibility index (Phi) is 6.61. The predicted molar refractivity (Wildman–Crippen MR) is 92.7 cm³/mol. The summed E-state index contributed by atoms with van der Waals surface area (Å²) < 4.78 is 14.6. The second-order valence-corrected chi connectivity index (χ2v) is 5.85. The molecule has 1 heteroatoms. The van der Waals surface area contributed by atoms with Crippen LogP contribution in [0.5, 0.6) is 0 Å². The lowest BCUT2D eigenvalue weighted by molar-refractivity contribution is 0.613. The molecule has 0 aliphatic heterocycles. The van der Waals surface area contributed by atoms with Crippen molar-refractivity contribution < 1.29 is 4.39 Å². The van der Waals surface area contributed by atoms with E-state index in [4.69, 9.17) is 0 Å². The first-order chi connectivity index (χ1) is 9.92. The van der Waals surface area contributed by atoms with Gasteiger partial charge in [-0.1, -0.05) is 57.7 Å². The van der Waals surface area contributed by atoms with Gasteiger partial charge in [-0.25, -0.2) is 4.39 Å². The number of allylic oxidation sites excluding steroid dienone is 5. The van der Waals surface area contributed by atoms with Crippen LogP contribution in [-0.2, 0) is 0 Å². The SMILES string of the molecule is C=C(CC)c1ccc(C(/C=C\C)=C/CC(C)C)c(C)c1F. The lowest BCUT2D eigenvalue weighted by atomic mass is 9.93. The number of halogens is 1. The molecule has 0 radical (unpaired) electrons. The Morgan fingerprint density at radius 3 is 2.43 bits per heavy atom. The monoisotopic (exact) mass is 286 g/mol. The van der Waals surface area contributed by atoms with Crippen molar-refractivity contribution in [2.24, 2.45) is 5.92 Å². The van der Waals surface area contributed by atoms with Crippen LogP contribution >= 0.6 is 0 Å². The molecule has 0 bridgehead atoms. The van der Waals surface area contributed by atoms with Gasteiger partial charge in [-0.05, 0) is 54.9 Å². The van der Waals surface area contributed by atoms with Crippen LogP contribution in [0.15, 0.2) is 36.9 Å². The zero-order valence-corrected chi connectivity index (χ0v) is 14.0. The average Bonchev–Trinajstić information content (AvgIpc) is 2.45. The normalized spacial score (nSPS) is 12.4. The van der Waals surface area contributed by atoms with Crippen molar-refractivity contribution >= 4 is 11.1 Å². The summed E-state index contributed by atoms with van der Waals surface area (Å²) >= 11 is 0. The average molecular weight is 286 g/mol. The zero-order valence-electron chi connectivity index (χ0n) is 14.0. The molecule has 0 atom stereocenters. The molecule has 0 saturated carbocycles. The third-order valence-corrected chi connectivity index (χ3v) is 3.66. The van der Waals surface area contributed by atoms with Gasteiger partial charge in [0, 0.05) is 5.56 Å². The van der Waals surface area contributed by atoms with Gasteiger partial charge in [-0.2, -0.15) is 0 Å². The van der Waals surface area contributed by atoms with E-state index in [1.807, 2.05) is 39.0 Å². The van der Waals surface area contributed by atoms with Crippen LogP contribution in [0.3, 0.4) is 0 Å². The maximum absolute atomic E-state index is 14.6. The van der Waals surface area contributed by atoms with Crippen molar-refractivity contribution in [3.8, 4) is 0 Å². The Hall–Kier alpha value is -1.63. The first-order valence-corrected chi connectivity index (χ1v) is 7.72. The number of rotatable bonds is 6. The highest BCUT2D eigenvalue weighted by Crippen LogP contribution is 2.29. The minimum atomic E-state index is -0.140. The van der Waals surface area contributed by atoms with E-state index in [1.54, 1.807) is 0 Å². The summed E-state index contributed by atoms with van der Waals surface area (Å²) in [6.07, 6.45) is 8.01. The van der Waals surface area contributed by atoms with E-state index in [9.17, 15) is 4.39 Å². The Morgan fingerprint density at radius 2 is 1.90 bits per heavy atom. The van der Waals surface area contributed by atoms with Gasteiger partial charge in [0.25, 0.3) is 0 Å². The summed E-state index contributed by atoms with van der Waals surface area (Å²) in [5.41, 5.74) is 4.26. The molecule has 1 aromatic rings. The summed E-state index contributed by atoms with van der Waals surface area (Å²) in [5, 5.41) is 0. The molecule has 0 heterocycles. The predicted octanol–water partition coefficient (Wildman–Crippen LogP) is 6.56. The van der Waals surface area contributed by atoms with Crippen LogP contribution in [-0.4, -0.2) is 0 Å². The van der Waals surface area contributed by atoms with Crippen LogP contribution < -0.4 is 0 Å². The molecule has 0 aliphatic rings. The van der Waals surface area contributed by atoms with E-state index in [2.05, 4.69) is 32.6 Å². The molecule has 0 aromatic heterocycles. The fourth-order valence-corrected chi connectivity index (χ4v) is 2.27. The first-order valence-electron chi connectivity index (χ1n) is 7.72. The third-order valence-electron chi connectivity index (χ3n) is 3.66. The van der Waals surface area contributed by atoms with Crippen LogP contribution in [0.25, 0.3) is 11.1 Å². The molecular weight excluding hydrogens is 259 g/mol. The van der Waals surface area contributed by atoms with Crippen molar-refractivity contribution in [2.75, 3.05) is 0 Å². The van der Waals surface area contributed by atoms with E-state index in [1.165, 1.54) is 0 Å². The molecule has 1 rings (SSSR count). The van der Waals surface area contributed by atoms with Crippen molar-refractivity contribution in [2.45, 2.75) is 47.5 Å². The Bertz CT molecular complexity index is 559. The van der Waals surface area contributed by atoms with E-state index in [-0.39, 0.29) is 5.82 Å². The topological polar surface area (TPSA) is 0 Å². The minimum Gasteiger partial charge on any atom is -0.206 e. The Morgan fingerprint density at radius 1 is 1.29 bits per heavy atom. The second kappa shape index (κ2) is 7.97.